The molecule has 0 aromatic carbocycles. The van der Waals surface area contributed by atoms with Gasteiger partial charge in [-0.25, -0.2) is 0 Å². The van der Waals surface area contributed by atoms with Gasteiger partial charge >= 0.3 is 5.97 Å². The van der Waals surface area contributed by atoms with E-state index in [2.05, 4.69) is 0 Å². The molecule has 0 aliphatic carbocycles. The summed E-state index contributed by atoms with van der Waals surface area (Å²) >= 11 is 0. The molecule has 0 fully saturated rings. The van der Waals surface area contributed by atoms with Crippen molar-refractivity contribution < 1.29 is 19.8 Å². The summed E-state index contributed by atoms with van der Waals surface area (Å²) in [6.07, 6.45) is 1.96. The highest BCUT2D eigenvalue weighted by atomic mass is 16.4. The Balaban J connectivity index is 0. The van der Waals surface area contributed by atoms with Crippen LogP contribution < -0.4 is 0 Å². The van der Waals surface area contributed by atoms with Crippen LogP contribution in [0.25, 0.3) is 0 Å². The number of carboxylic acid groups (broad SMARTS) is 2. The normalized spacial score (nSPS) is 7.69. The van der Waals surface area contributed by atoms with Crippen LogP contribution in [0.2, 0.25) is 0 Å². The van der Waals surface area contributed by atoms with Gasteiger partial charge in [0.15, 0.2) is 0 Å². The maximum atomic E-state index is 9.88. The van der Waals surface area contributed by atoms with E-state index in [4.69, 9.17) is 20.3 Å². The highest BCUT2D eigenvalue weighted by Gasteiger charge is 1.94. The summed E-state index contributed by atoms with van der Waals surface area (Å²) in [4.78, 5) is 18.9. The van der Waals surface area contributed by atoms with Crippen LogP contribution >= 0.6 is 0 Å². The molecule has 0 bridgehead atoms. The molecule has 0 rings (SSSR count). The molecule has 2 N–H and O–H groups in total. The van der Waals surface area contributed by atoms with Crippen molar-refractivity contribution in [2.45, 2.75) is 32.6 Å². The quantitative estimate of drug-likeness (QED) is 0.645. The number of nitriles is 1. The SMILES string of the molecule is CC(=O)O.N#CCCCCC(=O)O. The van der Waals surface area contributed by atoms with E-state index in [-0.39, 0.29) is 6.42 Å². The second kappa shape index (κ2) is 10.4. The summed E-state index contributed by atoms with van der Waals surface area (Å²) in [6.45, 7) is 1.08. The Morgan fingerprint density at radius 1 is 1.31 bits per heavy atom. The Bertz CT molecular complexity index is 191. The Hall–Kier alpha value is -1.57. The number of rotatable bonds is 4. The van der Waals surface area contributed by atoms with Gasteiger partial charge in [0.25, 0.3) is 5.97 Å². The zero-order valence-corrected chi connectivity index (χ0v) is 7.49. The third-order valence-corrected chi connectivity index (χ3v) is 0.929. The van der Waals surface area contributed by atoms with Crippen LogP contribution in [-0.4, -0.2) is 22.2 Å². The van der Waals surface area contributed by atoms with Crippen LogP contribution in [0.5, 0.6) is 0 Å². The predicted molar refractivity (Wildman–Crippen MR) is 45.0 cm³/mol. The lowest BCUT2D eigenvalue weighted by Crippen LogP contribution is -1.92. The number of aliphatic carboxylic acids is 2. The molecule has 0 aliphatic rings. The molecule has 0 atom stereocenters. The van der Waals surface area contributed by atoms with Crippen molar-refractivity contribution >= 4 is 11.9 Å². The van der Waals surface area contributed by atoms with Crippen molar-refractivity contribution in [3.05, 3.63) is 0 Å². The van der Waals surface area contributed by atoms with E-state index in [0.29, 0.717) is 19.3 Å². The predicted octanol–water partition coefficient (Wildman–Crippen LogP) is 1.25. The molecule has 13 heavy (non-hydrogen) atoms. The van der Waals surface area contributed by atoms with Gasteiger partial charge in [0, 0.05) is 19.8 Å². The molecule has 0 spiro atoms. The zero-order valence-electron chi connectivity index (χ0n) is 7.49. The molecule has 5 heteroatoms. The third-order valence-electron chi connectivity index (χ3n) is 0.929. The highest BCUT2D eigenvalue weighted by molar-refractivity contribution is 5.66. The average molecular weight is 187 g/mol. The summed E-state index contributed by atoms with van der Waals surface area (Å²) in [6, 6.07) is 1.95. The van der Waals surface area contributed by atoms with E-state index in [1.54, 1.807) is 0 Å². The molecule has 0 aliphatic heterocycles. The molecule has 0 saturated carbocycles. The summed E-state index contributed by atoms with van der Waals surface area (Å²) in [7, 11) is 0. The Kier molecular flexibility index (Phi) is 11.2. The lowest BCUT2D eigenvalue weighted by Gasteiger charge is -1.88. The fourth-order valence-electron chi connectivity index (χ4n) is 0.480. The van der Waals surface area contributed by atoms with Gasteiger partial charge in [0.2, 0.25) is 0 Å². The van der Waals surface area contributed by atoms with Crippen molar-refractivity contribution in [2.75, 3.05) is 0 Å². The smallest absolute Gasteiger partial charge is 0.303 e. The minimum absolute atomic E-state index is 0.182. The molecule has 0 heterocycles. The van der Waals surface area contributed by atoms with E-state index in [0.717, 1.165) is 6.92 Å². The average Bonchev–Trinajstić information content (AvgIpc) is 1.97. The third kappa shape index (κ3) is 37.8. The molecule has 0 aromatic heterocycles. The molecule has 5 nitrogen and oxygen atoms in total. The monoisotopic (exact) mass is 187 g/mol. The summed E-state index contributed by atoms with van der Waals surface area (Å²) < 4.78 is 0. The Morgan fingerprint density at radius 3 is 2.08 bits per heavy atom. The number of unbranched alkanes of at least 4 members (excludes halogenated alkanes) is 2. The minimum Gasteiger partial charge on any atom is -0.481 e. The number of nitrogens with zero attached hydrogens (tertiary/aromatic N) is 1. The van der Waals surface area contributed by atoms with Crippen LogP contribution in [0.1, 0.15) is 32.6 Å². The number of carboxylic acids is 2. The topological polar surface area (TPSA) is 98.4 Å². The van der Waals surface area contributed by atoms with Crippen LogP contribution in [-0.2, 0) is 9.59 Å². The zero-order chi connectivity index (χ0) is 10.7. The van der Waals surface area contributed by atoms with E-state index in [1.165, 1.54) is 0 Å². The first kappa shape index (κ1) is 14.0. The van der Waals surface area contributed by atoms with Crippen LogP contribution in [0, 0.1) is 11.3 Å². The molecule has 0 saturated heterocycles. The standard InChI is InChI=1S/C6H9NO2.C2H4O2/c7-5-3-1-2-4-6(8)9;1-2(3)4/h1-4H2,(H,8,9);1H3,(H,3,4). The fraction of sp³-hybridized carbons (Fsp3) is 0.625. The second-order valence-electron chi connectivity index (χ2n) is 2.28. The van der Waals surface area contributed by atoms with E-state index in [9.17, 15) is 4.79 Å². The second-order valence-corrected chi connectivity index (χ2v) is 2.28. The summed E-state index contributed by atoms with van der Waals surface area (Å²) in [5.41, 5.74) is 0. The van der Waals surface area contributed by atoms with Gasteiger partial charge in [-0.2, -0.15) is 5.26 Å². The fourth-order valence-corrected chi connectivity index (χ4v) is 0.480. The molecule has 0 amide bonds. The first-order valence-corrected chi connectivity index (χ1v) is 3.79. The van der Waals surface area contributed by atoms with Crippen molar-refractivity contribution in [3.8, 4) is 6.07 Å². The summed E-state index contributed by atoms with van der Waals surface area (Å²) in [5.74, 6) is -1.62. The van der Waals surface area contributed by atoms with E-state index >= 15 is 0 Å². The van der Waals surface area contributed by atoms with Crippen molar-refractivity contribution in [2.24, 2.45) is 0 Å². The van der Waals surface area contributed by atoms with Gasteiger partial charge in [0.05, 0.1) is 6.07 Å². The molecular formula is C8H13NO4. The maximum Gasteiger partial charge on any atom is 0.303 e. The van der Waals surface area contributed by atoms with E-state index in [1.807, 2.05) is 6.07 Å². The maximum absolute atomic E-state index is 9.88. The lowest BCUT2D eigenvalue weighted by atomic mass is 10.2. The van der Waals surface area contributed by atoms with Crippen LogP contribution in [0.15, 0.2) is 0 Å². The van der Waals surface area contributed by atoms with Gasteiger partial charge in [0.1, 0.15) is 0 Å². The molecule has 0 radical (unpaired) electrons. The van der Waals surface area contributed by atoms with Gasteiger partial charge in [-0.05, 0) is 12.8 Å². The first-order chi connectivity index (χ1) is 6.00. The number of hydrogen-bond acceptors (Lipinski definition) is 3. The van der Waals surface area contributed by atoms with Crippen LogP contribution in [0.3, 0.4) is 0 Å². The minimum atomic E-state index is -0.833. The van der Waals surface area contributed by atoms with E-state index < -0.39 is 11.9 Å². The van der Waals surface area contributed by atoms with Gasteiger partial charge in [-0.3, -0.25) is 9.59 Å². The van der Waals surface area contributed by atoms with Crippen molar-refractivity contribution in [3.63, 3.8) is 0 Å². The molecule has 74 valence electrons. The molecule has 0 unspecified atom stereocenters. The lowest BCUT2D eigenvalue weighted by molar-refractivity contribution is -0.137. The van der Waals surface area contributed by atoms with Gasteiger partial charge in [-0.1, -0.05) is 0 Å². The van der Waals surface area contributed by atoms with Gasteiger partial charge < -0.3 is 10.2 Å². The first-order valence-electron chi connectivity index (χ1n) is 3.79. The van der Waals surface area contributed by atoms with Gasteiger partial charge in [-0.15, -0.1) is 0 Å². The van der Waals surface area contributed by atoms with Crippen molar-refractivity contribution in [1.29, 1.82) is 5.26 Å². The number of hydrogen-bond donors (Lipinski definition) is 2. The number of carbonyl (C=O) groups is 2. The molecule has 0 aromatic rings. The van der Waals surface area contributed by atoms with Crippen molar-refractivity contribution in [1.82, 2.24) is 0 Å². The largest absolute Gasteiger partial charge is 0.481 e. The van der Waals surface area contributed by atoms with Crippen LogP contribution in [0.4, 0.5) is 0 Å². The molecular weight excluding hydrogens is 174 g/mol. The Labute approximate surface area is 76.6 Å². The highest BCUT2D eigenvalue weighted by Crippen LogP contribution is 1.97. The summed E-state index contributed by atoms with van der Waals surface area (Å²) in [5, 5.41) is 23.6. The Morgan fingerprint density at radius 2 is 1.77 bits per heavy atom.